The molecule has 202 valence electrons. The average molecular weight is 539 g/mol. The Labute approximate surface area is 248 Å². The van der Waals surface area contributed by atoms with Gasteiger partial charge in [-0.25, -0.2) is 0 Å². The van der Waals surface area contributed by atoms with Gasteiger partial charge in [0, 0.05) is 0 Å². The zero-order valence-electron chi connectivity index (χ0n) is 24.4. The Bertz CT molecular complexity index is 2020. The number of benzene rings is 7. The Kier molecular flexibility index (Phi) is 6.48. The first-order valence-corrected chi connectivity index (χ1v) is 14.8. The molecule has 0 nitrogen and oxygen atoms in total. The van der Waals surface area contributed by atoms with Crippen molar-refractivity contribution in [2.45, 2.75) is 26.2 Å². The molecule has 0 N–H and O–H groups in total. The monoisotopic (exact) mass is 538 g/mol. The van der Waals surface area contributed by atoms with Gasteiger partial charge in [0.1, 0.15) is 0 Å². The Morgan fingerprint density at radius 3 is 1.38 bits per heavy atom. The lowest BCUT2D eigenvalue weighted by Gasteiger charge is -2.23. The third kappa shape index (κ3) is 4.70. The Morgan fingerprint density at radius 1 is 0.310 bits per heavy atom. The fraction of sp³-hybridized carbons (Fsp3) is 0.0952. The van der Waals surface area contributed by atoms with Crippen LogP contribution >= 0.6 is 0 Å². The molecule has 7 aromatic carbocycles. The largest absolute Gasteiger partial charge is 0.0622 e. The van der Waals surface area contributed by atoms with Crippen LogP contribution in [0.25, 0.3) is 66.1 Å². The van der Waals surface area contributed by atoms with Gasteiger partial charge in [0.15, 0.2) is 0 Å². The Hall–Kier alpha value is -4.94. The van der Waals surface area contributed by atoms with Crippen LogP contribution in [0.3, 0.4) is 0 Å². The topological polar surface area (TPSA) is 0 Å². The highest BCUT2D eigenvalue weighted by molar-refractivity contribution is 6.21. The van der Waals surface area contributed by atoms with E-state index in [9.17, 15) is 0 Å². The molecule has 0 aliphatic carbocycles. The average Bonchev–Trinajstić information content (AvgIpc) is 3.04. The second-order valence-electron chi connectivity index (χ2n) is 12.2. The standard InChI is InChI=1S/C42H34/c1-42(2,3)35-25-26-38-39(28-35)40(32-23-21-31(22-24-32)29-13-6-4-7-14-29)36-19-10-11-20-37(36)41(38)34-18-12-17-33(27-34)30-15-8-5-9-16-30/h4-28H,1-3H3. The molecule has 0 spiro atoms. The van der Waals surface area contributed by atoms with Crippen molar-refractivity contribution in [2.75, 3.05) is 0 Å². The molecule has 0 fully saturated rings. The van der Waals surface area contributed by atoms with E-state index in [0.717, 1.165) is 0 Å². The molecule has 0 unspecified atom stereocenters. The fourth-order valence-corrected chi connectivity index (χ4v) is 6.21. The third-order valence-electron chi connectivity index (χ3n) is 8.43. The summed E-state index contributed by atoms with van der Waals surface area (Å²) in [5, 5.41) is 5.15. The lowest BCUT2D eigenvalue weighted by molar-refractivity contribution is 0.591. The van der Waals surface area contributed by atoms with Crippen molar-refractivity contribution < 1.29 is 0 Å². The van der Waals surface area contributed by atoms with Crippen molar-refractivity contribution >= 4 is 21.5 Å². The van der Waals surface area contributed by atoms with Crippen LogP contribution in [0.1, 0.15) is 26.3 Å². The van der Waals surface area contributed by atoms with Gasteiger partial charge in [-0.1, -0.05) is 160 Å². The first kappa shape index (κ1) is 26.0. The zero-order valence-corrected chi connectivity index (χ0v) is 24.4. The van der Waals surface area contributed by atoms with Crippen LogP contribution in [-0.2, 0) is 5.41 Å². The highest BCUT2D eigenvalue weighted by Crippen LogP contribution is 2.45. The molecule has 7 aromatic rings. The Balaban J connectivity index is 1.52. The van der Waals surface area contributed by atoms with E-state index < -0.39 is 0 Å². The van der Waals surface area contributed by atoms with E-state index >= 15 is 0 Å². The molecular formula is C42H34. The molecule has 0 amide bonds. The van der Waals surface area contributed by atoms with Crippen LogP contribution in [0.2, 0.25) is 0 Å². The molecule has 0 heteroatoms. The predicted octanol–water partition coefficient (Wildman–Crippen LogP) is 12.0. The quantitative estimate of drug-likeness (QED) is 0.196. The molecule has 0 bridgehead atoms. The third-order valence-corrected chi connectivity index (χ3v) is 8.43. The van der Waals surface area contributed by atoms with Gasteiger partial charge >= 0.3 is 0 Å². The van der Waals surface area contributed by atoms with Gasteiger partial charge in [-0.05, 0) is 89.2 Å². The van der Waals surface area contributed by atoms with Crippen molar-refractivity contribution in [3.63, 3.8) is 0 Å². The van der Waals surface area contributed by atoms with E-state index in [1.165, 1.54) is 71.6 Å². The van der Waals surface area contributed by atoms with E-state index in [2.05, 4.69) is 172 Å². The van der Waals surface area contributed by atoms with Gasteiger partial charge in [-0.15, -0.1) is 0 Å². The maximum absolute atomic E-state index is 2.44. The summed E-state index contributed by atoms with van der Waals surface area (Å²) in [6.07, 6.45) is 0. The van der Waals surface area contributed by atoms with Crippen molar-refractivity contribution in [3.8, 4) is 44.5 Å². The summed E-state index contributed by atoms with van der Waals surface area (Å²) in [7, 11) is 0. The SMILES string of the molecule is CC(C)(C)c1ccc2c(-c3cccc(-c4ccccc4)c3)c3ccccc3c(-c3ccc(-c4ccccc4)cc3)c2c1. The van der Waals surface area contributed by atoms with Crippen LogP contribution in [0, 0.1) is 0 Å². The molecule has 0 saturated heterocycles. The summed E-state index contributed by atoms with van der Waals surface area (Å²) in [5.41, 5.74) is 11.4. The van der Waals surface area contributed by atoms with Crippen LogP contribution in [0.5, 0.6) is 0 Å². The molecule has 7 rings (SSSR count). The second kappa shape index (κ2) is 10.5. The minimum atomic E-state index is 0.0433. The summed E-state index contributed by atoms with van der Waals surface area (Å²) in [6.45, 7) is 6.90. The maximum atomic E-state index is 2.44. The Morgan fingerprint density at radius 2 is 0.762 bits per heavy atom. The molecular weight excluding hydrogens is 504 g/mol. The van der Waals surface area contributed by atoms with Gasteiger partial charge in [0.2, 0.25) is 0 Å². The fourth-order valence-electron chi connectivity index (χ4n) is 6.21. The number of hydrogen-bond donors (Lipinski definition) is 0. The first-order chi connectivity index (χ1) is 20.5. The van der Waals surface area contributed by atoms with E-state index in [1.54, 1.807) is 0 Å². The smallest absolute Gasteiger partial charge is 0.00262 e. The number of rotatable bonds is 4. The lowest BCUT2D eigenvalue weighted by Crippen LogP contribution is -2.10. The van der Waals surface area contributed by atoms with Crippen LogP contribution < -0.4 is 0 Å². The van der Waals surface area contributed by atoms with Gasteiger partial charge in [0.05, 0.1) is 0 Å². The van der Waals surface area contributed by atoms with Gasteiger partial charge in [0.25, 0.3) is 0 Å². The summed E-state index contributed by atoms with van der Waals surface area (Å²) < 4.78 is 0. The molecule has 0 atom stereocenters. The first-order valence-electron chi connectivity index (χ1n) is 14.8. The summed E-state index contributed by atoms with van der Waals surface area (Å²) in [5.74, 6) is 0. The van der Waals surface area contributed by atoms with Crippen molar-refractivity contribution in [3.05, 3.63) is 157 Å². The molecule has 0 aliphatic rings. The van der Waals surface area contributed by atoms with Gasteiger partial charge in [-0.3, -0.25) is 0 Å². The number of hydrogen-bond acceptors (Lipinski definition) is 0. The molecule has 42 heavy (non-hydrogen) atoms. The summed E-state index contributed by atoms with van der Waals surface area (Å²) in [4.78, 5) is 0. The van der Waals surface area contributed by atoms with Gasteiger partial charge in [-0.2, -0.15) is 0 Å². The van der Waals surface area contributed by atoms with Crippen molar-refractivity contribution in [2.24, 2.45) is 0 Å². The maximum Gasteiger partial charge on any atom is -0.00262 e. The predicted molar refractivity (Wildman–Crippen MR) is 182 cm³/mol. The van der Waals surface area contributed by atoms with E-state index in [4.69, 9.17) is 0 Å². The van der Waals surface area contributed by atoms with Crippen LogP contribution in [0.4, 0.5) is 0 Å². The molecule has 0 aliphatic heterocycles. The normalized spacial score (nSPS) is 11.7. The molecule has 0 saturated carbocycles. The van der Waals surface area contributed by atoms with Crippen molar-refractivity contribution in [1.29, 1.82) is 0 Å². The lowest BCUT2D eigenvalue weighted by atomic mass is 9.81. The number of fused-ring (bicyclic) bond motifs is 2. The van der Waals surface area contributed by atoms with E-state index in [0.29, 0.717) is 0 Å². The second-order valence-corrected chi connectivity index (χ2v) is 12.2. The van der Waals surface area contributed by atoms with Crippen LogP contribution in [0.15, 0.2) is 152 Å². The molecule has 0 aromatic heterocycles. The van der Waals surface area contributed by atoms with E-state index in [1.807, 2.05) is 0 Å². The summed E-state index contributed by atoms with van der Waals surface area (Å²) in [6, 6.07) is 55.5. The zero-order chi connectivity index (χ0) is 28.7. The summed E-state index contributed by atoms with van der Waals surface area (Å²) >= 11 is 0. The molecule has 0 radical (unpaired) electrons. The minimum absolute atomic E-state index is 0.0433. The van der Waals surface area contributed by atoms with Gasteiger partial charge < -0.3 is 0 Å². The highest BCUT2D eigenvalue weighted by atomic mass is 14.2. The van der Waals surface area contributed by atoms with Crippen molar-refractivity contribution in [1.82, 2.24) is 0 Å². The van der Waals surface area contributed by atoms with E-state index in [-0.39, 0.29) is 5.41 Å². The van der Waals surface area contributed by atoms with Crippen LogP contribution in [-0.4, -0.2) is 0 Å². The highest BCUT2D eigenvalue weighted by Gasteiger charge is 2.20. The molecule has 0 heterocycles. The minimum Gasteiger partial charge on any atom is -0.0622 e.